The number of likely N-dealkylation sites (N-methyl/N-ethyl adjacent to an activating group) is 1. The monoisotopic (exact) mass is 248 g/mol. The Morgan fingerprint density at radius 3 is 2.67 bits per heavy atom. The zero-order valence-electron chi connectivity index (χ0n) is 11.5. The quantitative estimate of drug-likeness (QED) is 0.837. The summed E-state index contributed by atoms with van der Waals surface area (Å²) in [4.78, 5) is 2.53. The number of ether oxygens (including phenoxy) is 1. The number of likely N-dealkylation sites (tertiary alicyclic amines) is 1. The molecule has 1 fully saturated rings. The summed E-state index contributed by atoms with van der Waals surface area (Å²) < 4.78 is 5.73. The van der Waals surface area contributed by atoms with Crippen LogP contribution < -0.4 is 10.1 Å². The summed E-state index contributed by atoms with van der Waals surface area (Å²) in [5.74, 6) is 1.01. The largest absolute Gasteiger partial charge is 0.494 e. The lowest BCUT2D eigenvalue weighted by Gasteiger charge is -2.25. The molecule has 0 radical (unpaired) electrons. The first-order valence-electron chi connectivity index (χ1n) is 6.96. The van der Waals surface area contributed by atoms with Gasteiger partial charge in [0.1, 0.15) is 5.75 Å². The summed E-state index contributed by atoms with van der Waals surface area (Å²) in [6, 6.07) is 8.71. The van der Waals surface area contributed by atoms with Gasteiger partial charge in [-0.05, 0) is 46.0 Å². The van der Waals surface area contributed by atoms with Crippen LogP contribution in [-0.4, -0.2) is 38.2 Å². The lowest BCUT2D eigenvalue weighted by molar-refractivity contribution is 0.288. The third-order valence-corrected chi connectivity index (χ3v) is 3.58. The summed E-state index contributed by atoms with van der Waals surface area (Å²) in [6.07, 6.45) is 2.67. The van der Waals surface area contributed by atoms with Gasteiger partial charge in [-0.2, -0.15) is 0 Å². The average molecular weight is 248 g/mol. The van der Waals surface area contributed by atoms with Crippen LogP contribution >= 0.6 is 0 Å². The minimum Gasteiger partial charge on any atom is -0.494 e. The van der Waals surface area contributed by atoms with Crippen molar-refractivity contribution in [3.8, 4) is 5.75 Å². The van der Waals surface area contributed by atoms with Crippen molar-refractivity contribution in [3.05, 3.63) is 29.8 Å². The van der Waals surface area contributed by atoms with Crippen molar-refractivity contribution in [3.63, 3.8) is 0 Å². The Hall–Kier alpha value is -1.06. The van der Waals surface area contributed by atoms with Gasteiger partial charge < -0.3 is 15.0 Å². The Kier molecular flexibility index (Phi) is 5.02. The van der Waals surface area contributed by atoms with E-state index in [1.54, 1.807) is 0 Å². The molecule has 0 amide bonds. The minimum atomic E-state index is 0.353. The van der Waals surface area contributed by atoms with Crippen LogP contribution in [0.5, 0.6) is 5.75 Å². The highest BCUT2D eigenvalue weighted by Crippen LogP contribution is 2.26. The summed E-state index contributed by atoms with van der Waals surface area (Å²) in [5.41, 5.74) is 1.27. The second-order valence-electron chi connectivity index (χ2n) is 4.82. The van der Waals surface area contributed by atoms with Gasteiger partial charge in [-0.3, -0.25) is 0 Å². The Morgan fingerprint density at radius 1 is 1.28 bits per heavy atom. The van der Waals surface area contributed by atoms with E-state index in [1.165, 1.54) is 31.5 Å². The maximum Gasteiger partial charge on any atom is 0.124 e. The molecule has 1 aromatic carbocycles. The van der Waals surface area contributed by atoms with Gasteiger partial charge in [-0.15, -0.1) is 0 Å². The van der Waals surface area contributed by atoms with E-state index < -0.39 is 0 Å². The Balaban J connectivity index is 2.10. The van der Waals surface area contributed by atoms with E-state index in [-0.39, 0.29) is 0 Å². The maximum absolute atomic E-state index is 5.73. The third-order valence-electron chi connectivity index (χ3n) is 3.58. The summed E-state index contributed by atoms with van der Waals surface area (Å²) >= 11 is 0. The molecular weight excluding hydrogens is 224 g/mol. The molecule has 1 heterocycles. The fourth-order valence-electron chi connectivity index (χ4n) is 2.62. The normalized spacial score (nSPS) is 17.9. The standard InChI is InChI=1S/C15H24N2O/c1-3-18-15-9-5-4-8-13(15)14(16-2)12-17-10-6-7-11-17/h4-5,8-9,14,16H,3,6-7,10-12H2,1-2H3. The number of para-hydroxylation sites is 1. The minimum absolute atomic E-state index is 0.353. The van der Waals surface area contributed by atoms with Gasteiger partial charge in [0.2, 0.25) is 0 Å². The molecule has 1 unspecified atom stereocenters. The molecule has 100 valence electrons. The van der Waals surface area contributed by atoms with Crippen LogP contribution in [-0.2, 0) is 0 Å². The van der Waals surface area contributed by atoms with Gasteiger partial charge in [0.05, 0.1) is 6.61 Å². The molecule has 1 atom stereocenters. The highest BCUT2D eigenvalue weighted by Gasteiger charge is 2.19. The first kappa shape index (κ1) is 13.4. The smallest absolute Gasteiger partial charge is 0.124 e. The predicted molar refractivity (Wildman–Crippen MR) is 75.1 cm³/mol. The zero-order valence-corrected chi connectivity index (χ0v) is 11.5. The van der Waals surface area contributed by atoms with Crippen molar-refractivity contribution in [1.82, 2.24) is 10.2 Å². The van der Waals surface area contributed by atoms with Crippen molar-refractivity contribution < 1.29 is 4.74 Å². The molecule has 0 aliphatic carbocycles. The van der Waals surface area contributed by atoms with Gasteiger partial charge in [0, 0.05) is 18.2 Å². The van der Waals surface area contributed by atoms with Gasteiger partial charge in [-0.1, -0.05) is 18.2 Å². The molecule has 1 aliphatic heterocycles. The second-order valence-corrected chi connectivity index (χ2v) is 4.82. The number of benzene rings is 1. The van der Waals surface area contributed by atoms with E-state index in [0.29, 0.717) is 6.04 Å². The topological polar surface area (TPSA) is 24.5 Å². The summed E-state index contributed by atoms with van der Waals surface area (Å²) in [6.45, 7) is 6.29. The van der Waals surface area contributed by atoms with Crippen LogP contribution in [0.4, 0.5) is 0 Å². The van der Waals surface area contributed by atoms with Crippen LogP contribution in [0.2, 0.25) is 0 Å². The van der Waals surface area contributed by atoms with Gasteiger partial charge in [-0.25, -0.2) is 0 Å². The van der Waals surface area contributed by atoms with E-state index in [0.717, 1.165) is 18.9 Å². The number of nitrogens with one attached hydrogen (secondary N) is 1. The molecular formula is C15H24N2O. The van der Waals surface area contributed by atoms with Crippen molar-refractivity contribution in [2.24, 2.45) is 0 Å². The molecule has 2 rings (SSSR count). The fraction of sp³-hybridized carbons (Fsp3) is 0.600. The van der Waals surface area contributed by atoms with Crippen LogP contribution in [0, 0.1) is 0 Å². The summed E-state index contributed by atoms with van der Waals surface area (Å²) in [7, 11) is 2.03. The van der Waals surface area contributed by atoms with E-state index >= 15 is 0 Å². The van der Waals surface area contributed by atoms with Crippen LogP contribution in [0.15, 0.2) is 24.3 Å². The first-order valence-corrected chi connectivity index (χ1v) is 6.96. The first-order chi connectivity index (χ1) is 8.85. The Labute approximate surface area is 110 Å². The number of hydrogen-bond donors (Lipinski definition) is 1. The zero-order chi connectivity index (χ0) is 12.8. The number of nitrogens with zero attached hydrogens (tertiary/aromatic N) is 1. The van der Waals surface area contributed by atoms with E-state index in [1.807, 2.05) is 20.0 Å². The average Bonchev–Trinajstić information content (AvgIpc) is 2.90. The number of rotatable bonds is 6. The van der Waals surface area contributed by atoms with Crippen molar-refractivity contribution >= 4 is 0 Å². The Morgan fingerprint density at radius 2 is 2.00 bits per heavy atom. The second kappa shape index (κ2) is 6.76. The van der Waals surface area contributed by atoms with E-state index in [4.69, 9.17) is 4.74 Å². The van der Waals surface area contributed by atoms with Crippen molar-refractivity contribution in [1.29, 1.82) is 0 Å². The molecule has 0 saturated carbocycles. The van der Waals surface area contributed by atoms with E-state index in [2.05, 4.69) is 28.4 Å². The number of hydrogen-bond acceptors (Lipinski definition) is 3. The maximum atomic E-state index is 5.73. The third kappa shape index (κ3) is 3.24. The molecule has 1 aromatic rings. The van der Waals surface area contributed by atoms with Crippen LogP contribution in [0.3, 0.4) is 0 Å². The molecule has 1 aliphatic rings. The SMILES string of the molecule is CCOc1ccccc1C(CN1CCCC1)NC. The lowest BCUT2D eigenvalue weighted by atomic mass is 10.1. The van der Waals surface area contributed by atoms with Crippen molar-refractivity contribution in [2.75, 3.05) is 33.3 Å². The molecule has 18 heavy (non-hydrogen) atoms. The molecule has 1 saturated heterocycles. The van der Waals surface area contributed by atoms with Crippen LogP contribution in [0.1, 0.15) is 31.4 Å². The molecule has 0 bridgehead atoms. The van der Waals surface area contributed by atoms with Gasteiger partial charge in [0.15, 0.2) is 0 Å². The highest BCUT2D eigenvalue weighted by molar-refractivity contribution is 5.36. The fourth-order valence-corrected chi connectivity index (χ4v) is 2.62. The summed E-state index contributed by atoms with van der Waals surface area (Å²) in [5, 5.41) is 3.42. The predicted octanol–water partition coefficient (Wildman–Crippen LogP) is 2.44. The Bertz CT molecular complexity index is 361. The molecule has 0 spiro atoms. The molecule has 1 N–H and O–H groups in total. The lowest BCUT2D eigenvalue weighted by Crippen LogP contribution is -2.32. The van der Waals surface area contributed by atoms with Gasteiger partial charge in [0.25, 0.3) is 0 Å². The molecule has 3 heteroatoms. The highest BCUT2D eigenvalue weighted by atomic mass is 16.5. The van der Waals surface area contributed by atoms with Crippen LogP contribution in [0.25, 0.3) is 0 Å². The van der Waals surface area contributed by atoms with Crippen molar-refractivity contribution in [2.45, 2.75) is 25.8 Å². The van der Waals surface area contributed by atoms with E-state index in [9.17, 15) is 0 Å². The molecule has 3 nitrogen and oxygen atoms in total. The van der Waals surface area contributed by atoms with Gasteiger partial charge >= 0.3 is 0 Å². The molecule has 0 aromatic heterocycles.